The molecule has 2 aromatic carbocycles. The molecule has 1 heterocycles. The highest BCUT2D eigenvalue weighted by Crippen LogP contribution is 2.15. The van der Waals surface area contributed by atoms with Crippen molar-refractivity contribution >= 4 is 17.6 Å². The largest absolute Gasteiger partial charge is 0.351 e. The Kier molecular flexibility index (Phi) is 5.53. The van der Waals surface area contributed by atoms with E-state index < -0.39 is 6.03 Å². The highest BCUT2D eigenvalue weighted by molar-refractivity contribution is 5.95. The summed E-state index contributed by atoms with van der Waals surface area (Å²) in [5.74, 6) is 0.0193. The molecule has 0 spiro atoms. The zero-order valence-electron chi connectivity index (χ0n) is 14.9. The van der Waals surface area contributed by atoms with Gasteiger partial charge in [-0.05, 0) is 36.8 Å². The van der Waals surface area contributed by atoms with Crippen LogP contribution in [0.3, 0.4) is 0 Å². The minimum atomic E-state index is -0.617. The molecule has 1 fully saturated rings. The van der Waals surface area contributed by atoms with Crippen LogP contribution in [0.25, 0.3) is 0 Å². The smallest absolute Gasteiger partial charge is 0.316 e. The number of nitrogens with two attached hydrogens (primary N) is 1. The molecule has 2 aromatic rings. The second kappa shape index (κ2) is 8.01. The van der Waals surface area contributed by atoms with E-state index in [1.165, 1.54) is 11.1 Å². The van der Waals surface area contributed by atoms with Crippen LogP contribution < -0.4 is 11.1 Å². The lowest BCUT2D eigenvalue weighted by atomic mass is 10.1. The molecule has 6 heteroatoms. The molecule has 3 rings (SSSR count). The molecule has 1 aliphatic heterocycles. The molecule has 0 radical (unpaired) electrons. The third-order valence-electron chi connectivity index (χ3n) is 4.55. The van der Waals surface area contributed by atoms with Crippen molar-refractivity contribution in [1.29, 1.82) is 0 Å². The van der Waals surface area contributed by atoms with Crippen LogP contribution in [-0.2, 0) is 6.54 Å². The Morgan fingerprint density at radius 3 is 2.35 bits per heavy atom. The van der Waals surface area contributed by atoms with Crippen molar-refractivity contribution in [2.24, 2.45) is 5.73 Å². The van der Waals surface area contributed by atoms with Gasteiger partial charge < -0.3 is 16.0 Å². The number of anilines is 1. The third-order valence-corrected chi connectivity index (χ3v) is 4.55. The van der Waals surface area contributed by atoms with Crippen LogP contribution in [0.4, 0.5) is 10.5 Å². The zero-order valence-corrected chi connectivity index (χ0v) is 14.9. The number of aryl methyl sites for hydroxylation is 1. The number of hydrogen-bond acceptors (Lipinski definition) is 3. The molecule has 0 saturated carbocycles. The Balaban J connectivity index is 1.54. The lowest BCUT2D eigenvalue weighted by molar-refractivity contribution is 0.0628. The number of nitrogens with zero attached hydrogens (tertiary/aromatic N) is 2. The summed E-state index contributed by atoms with van der Waals surface area (Å²) in [6, 6.07) is 14.7. The molecule has 6 nitrogen and oxygen atoms in total. The van der Waals surface area contributed by atoms with Gasteiger partial charge in [0, 0.05) is 44.0 Å². The van der Waals surface area contributed by atoms with Crippen LogP contribution in [-0.4, -0.2) is 47.9 Å². The van der Waals surface area contributed by atoms with E-state index >= 15 is 0 Å². The summed E-state index contributed by atoms with van der Waals surface area (Å²) in [5, 5.41) is 2.49. The monoisotopic (exact) mass is 352 g/mol. The number of hydrogen-bond donors (Lipinski definition) is 2. The van der Waals surface area contributed by atoms with Gasteiger partial charge in [0.25, 0.3) is 5.91 Å². The molecule has 3 N–H and O–H groups in total. The number of carbonyl (C=O) groups is 2. The third kappa shape index (κ3) is 4.61. The molecule has 0 atom stereocenters. The predicted molar refractivity (Wildman–Crippen MR) is 102 cm³/mol. The van der Waals surface area contributed by atoms with E-state index in [0.29, 0.717) is 24.3 Å². The summed E-state index contributed by atoms with van der Waals surface area (Å²) >= 11 is 0. The minimum absolute atomic E-state index is 0.0193. The quantitative estimate of drug-likeness (QED) is 0.887. The Morgan fingerprint density at radius 1 is 1.04 bits per heavy atom. The molecule has 0 aromatic heterocycles. The molecule has 136 valence electrons. The fourth-order valence-electron chi connectivity index (χ4n) is 3.20. The van der Waals surface area contributed by atoms with E-state index in [-0.39, 0.29) is 5.91 Å². The number of urea groups is 1. The first-order valence-corrected chi connectivity index (χ1v) is 8.75. The van der Waals surface area contributed by atoms with Crippen molar-refractivity contribution < 1.29 is 9.59 Å². The van der Waals surface area contributed by atoms with Crippen LogP contribution in [0, 0.1) is 6.92 Å². The lowest BCUT2D eigenvalue weighted by Crippen LogP contribution is -2.48. The SMILES string of the molecule is Cc1cccc(CN2CCN(C(=O)c3ccc(NC(N)=O)cc3)CC2)c1. The lowest BCUT2D eigenvalue weighted by Gasteiger charge is -2.34. The average molecular weight is 352 g/mol. The van der Waals surface area contributed by atoms with E-state index in [9.17, 15) is 9.59 Å². The maximum absolute atomic E-state index is 12.6. The molecular weight excluding hydrogens is 328 g/mol. The van der Waals surface area contributed by atoms with Gasteiger partial charge in [-0.1, -0.05) is 29.8 Å². The van der Waals surface area contributed by atoms with Gasteiger partial charge in [0.2, 0.25) is 0 Å². The van der Waals surface area contributed by atoms with Crippen LogP contribution in [0.5, 0.6) is 0 Å². The zero-order chi connectivity index (χ0) is 18.5. The molecule has 0 bridgehead atoms. The van der Waals surface area contributed by atoms with E-state index in [1.54, 1.807) is 24.3 Å². The molecule has 3 amide bonds. The van der Waals surface area contributed by atoms with Gasteiger partial charge in [-0.2, -0.15) is 0 Å². The Morgan fingerprint density at radius 2 is 1.73 bits per heavy atom. The number of benzene rings is 2. The Labute approximate surface area is 153 Å². The number of piperazine rings is 1. The number of primary amides is 1. The number of rotatable bonds is 4. The fourth-order valence-corrected chi connectivity index (χ4v) is 3.20. The van der Waals surface area contributed by atoms with Crippen LogP contribution >= 0.6 is 0 Å². The fraction of sp³-hybridized carbons (Fsp3) is 0.300. The molecule has 1 saturated heterocycles. The van der Waals surface area contributed by atoms with Gasteiger partial charge in [0.05, 0.1) is 0 Å². The molecule has 1 aliphatic rings. The standard InChI is InChI=1S/C20H24N4O2/c1-15-3-2-4-16(13-15)14-23-9-11-24(12-10-23)19(25)17-5-7-18(8-6-17)22-20(21)26/h2-8,13H,9-12,14H2,1H3,(H3,21,22,26). The number of carbonyl (C=O) groups excluding carboxylic acids is 2. The van der Waals surface area contributed by atoms with Crippen molar-refractivity contribution in [2.75, 3.05) is 31.5 Å². The first-order chi connectivity index (χ1) is 12.5. The summed E-state index contributed by atoms with van der Waals surface area (Å²) in [4.78, 5) is 27.7. The van der Waals surface area contributed by atoms with Crippen molar-refractivity contribution in [3.63, 3.8) is 0 Å². The summed E-state index contributed by atoms with van der Waals surface area (Å²) < 4.78 is 0. The van der Waals surface area contributed by atoms with E-state index in [4.69, 9.17) is 5.73 Å². The number of nitrogens with one attached hydrogen (secondary N) is 1. The maximum Gasteiger partial charge on any atom is 0.316 e. The Bertz CT molecular complexity index is 781. The molecular formula is C20H24N4O2. The van der Waals surface area contributed by atoms with Crippen LogP contribution in [0.15, 0.2) is 48.5 Å². The van der Waals surface area contributed by atoms with Crippen LogP contribution in [0.2, 0.25) is 0 Å². The van der Waals surface area contributed by atoms with Crippen molar-refractivity contribution in [2.45, 2.75) is 13.5 Å². The molecule has 0 aliphatic carbocycles. The minimum Gasteiger partial charge on any atom is -0.351 e. The summed E-state index contributed by atoms with van der Waals surface area (Å²) in [6.07, 6.45) is 0. The number of amides is 3. The van der Waals surface area contributed by atoms with Crippen molar-refractivity contribution in [3.05, 3.63) is 65.2 Å². The van der Waals surface area contributed by atoms with Crippen molar-refractivity contribution in [3.8, 4) is 0 Å². The summed E-state index contributed by atoms with van der Waals surface area (Å²) in [6.45, 7) is 6.17. The topological polar surface area (TPSA) is 78.7 Å². The predicted octanol–water partition coefficient (Wildman–Crippen LogP) is 2.44. The van der Waals surface area contributed by atoms with Gasteiger partial charge in [-0.15, -0.1) is 0 Å². The average Bonchev–Trinajstić information content (AvgIpc) is 2.62. The Hall–Kier alpha value is -2.86. The van der Waals surface area contributed by atoms with Gasteiger partial charge >= 0.3 is 6.03 Å². The van der Waals surface area contributed by atoms with E-state index in [1.807, 2.05) is 4.90 Å². The second-order valence-electron chi connectivity index (χ2n) is 6.62. The van der Waals surface area contributed by atoms with Gasteiger partial charge in [0.15, 0.2) is 0 Å². The molecule has 0 unspecified atom stereocenters. The normalized spacial score (nSPS) is 14.9. The van der Waals surface area contributed by atoms with Crippen molar-refractivity contribution in [1.82, 2.24) is 9.80 Å². The van der Waals surface area contributed by atoms with Crippen LogP contribution in [0.1, 0.15) is 21.5 Å². The highest BCUT2D eigenvalue weighted by atomic mass is 16.2. The summed E-state index contributed by atoms with van der Waals surface area (Å²) in [7, 11) is 0. The highest BCUT2D eigenvalue weighted by Gasteiger charge is 2.22. The first-order valence-electron chi connectivity index (χ1n) is 8.75. The maximum atomic E-state index is 12.6. The first kappa shape index (κ1) is 17.9. The van der Waals surface area contributed by atoms with E-state index in [0.717, 1.165) is 19.6 Å². The molecule has 26 heavy (non-hydrogen) atoms. The summed E-state index contributed by atoms with van der Waals surface area (Å²) in [5.41, 5.74) is 8.86. The van der Waals surface area contributed by atoms with Gasteiger partial charge in [0.1, 0.15) is 0 Å². The van der Waals surface area contributed by atoms with Gasteiger partial charge in [-0.25, -0.2) is 4.79 Å². The second-order valence-corrected chi connectivity index (χ2v) is 6.62. The van der Waals surface area contributed by atoms with E-state index in [2.05, 4.69) is 41.4 Å². The van der Waals surface area contributed by atoms with Gasteiger partial charge in [-0.3, -0.25) is 9.69 Å².